The van der Waals surface area contributed by atoms with Gasteiger partial charge in [-0.05, 0) is 19.1 Å². The van der Waals surface area contributed by atoms with Gasteiger partial charge in [-0.3, -0.25) is 4.79 Å². The van der Waals surface area contributed by atoms with E-state index in [1.807, 2.05) is 48.5 Å². The highest BCUT2D eigenvalue weighted by atomic mass is 31.1. The first-order chi connectivity index (χ1) is 12.5. The standard InChI is InChI=1S/C18H17N2O5P/c1-12(22)17(25-26(23)24)10-20(11-21)18-13-6-2-4-8-15(13)19-16-9-5-3-7-14(16)18/h2-9,11-12,17,22H,10H2,1H3/p+1. The first-order valence-corrected chi connectivity index (χ1v) is 9.14. The number of amides is 1. The Bertz CT molecular complexity index is 909. The number of aliphatic hydroxyl groups is 1. The second-order valence-corrected chi connectivity index (χ2v) is 6.56. The maximum Gasteiger partial charge on any atom is 0.695 e. The number of pyridine rings is 1. The molecule has 0 aliphatic carbocycles. The van der Waals surface area contributed by atoms with Gasteiger partial charge in [0.1, 0.15) is 0 Å². The van der Waals surface area contributed by atoms with Gasteiger partial charge in [0.2, 0.25) is 6.41 Å². The summed E-state index contributed by atoms with van der Waals surface area (Å²) in [5, 5.41) is 11.4. The van der Waals surface area contributed by atoms with Crippen LogP contribution in [0.2, 0.25) is 0 Å². The van der Waals surface area contributed by atoms with Crippen LogP contribution in [0.25, 0.3) is 21.8 Å². The van der Waals surface area contributed by atoms with Crippen LogP contribution in [0.3, 0.4) is 0 Å². The number of benzene rings is 2. The van der Waals surface area contributed by atoms with Gasteiger partial charge >= 0.3 is 8.25 Å². The Balaban J connectivity index is 2.16. The zero-order chi connectivity index (χ0) is 18.7. The molecule has 0 fully saturated rings. The lowest BCUT2D eigenvalue weighted by Gasteiger charge is -2.25. The number of anilines is 1. The van der Waals surface area contributed by atoms with Crippen molar-refractivity contribution in [2.24, 2.45) is 0 Å². The average Bonchev–Trinajstić information content (AvgIpc) is 2.63. The molecular formula is C18H18N2O5P+. The van der Waals surface area contributed by atoms with Crippen molar-refractivity contribution in [3.05, 3.63) is 48.5 Å². The summed E-state index contributed by atoms with van der Waals surface area (Å²) in [5.74, 6) is 0. The van der Waals surface area contributed by atoms with Crippen LogP contribution >= 0.6 is 8.25 Å². The fourth-order valence-corrected chi connectivity index (χ4v) is 3.37. The Morgan fingerprint density at radius 3 is 2.15 bits per heavy atom. The molecule has 0 bridgehead atoms. The van der Waals surface area contributed by atoms with Crippen molar-refractivity contribution in [1.29, 1.82) is 0 Å². The molecule has 0 aliphatic heterocycles. The van der Waals surface area contributed by atoms with Crippen LogP contribution in [0.1, 0.15) is 6.92 Å². The molecule has 1 amide bonds. The first-order valence-electron chi connectivity index (χ1n) is 8.01. The highest BCUT2D eigenvalue weighted by molar-refractivity contribution is 7.32. The molecule has 2 N–H and O–H groups in total. The summed E-state index contributed by atoms with van der Waals surface area (Å²) in [6.07, 6.45) is -1.43. The third-order valence-corrected chi connectivity index (χ3v) is 4.57. The lowest BCUT2D eigenvalue weighted by molar-refractivity contribution is -0.107. The van der Waals surface area contributed by atoms with Gasteiger partial charge in [0.05, 0.1) is 29.4 Å². The number of para-hydroxylation sites is 2. The van der Waals surface area contributed by atoms with Gasteiger partial charge < -0.3 is 10.0 Å². The molecule has 7 nitrogen and oxygen atoms in total. The predicted molar refractivity (Wildman–Crippen MR) is 99.0 cm³/mol. The fraction of sp³-hybridized carbons (Fsp3) is 0.222. The van der Waals surface area contributed by atoms with E-state index in [1.54, 1.807) is 0 Å². The summed E-state index contributed by atoms with van der Waals surface area (Å²) >= 11 is 0. The molecule has 0 aliphatic rings. The van der Waals surface area contributed by atoms with E-state index in [2.05, 4.69) is 4.98 Å². The smallest absolute Gasteiger partial charge is 0.390 e. The van der Waals surface area contributed by atoms with Crippen molar-refractivity contribution in [2.45, 2.75) is 19.1 Å². The van der Waals surface area contributed by atoms with E-state index in [-0.39, 0.29) is 6.54 Å². The molecule has 3 unspecified atom stereocenters. The SMILES string of the molecule is CC(O)C(CN(C=O)c1c2ccccc2nc2ccccc12)O[P+](=O)O. The lowest BCUT2D eigenvalue weighted by atomic mass is 10.1. The van der Waals surface area contributed by atoms with E-state index in [4.69, 9.17) is 9.42 Å². The van der Waals surface area contributed by atoms with E-state index < -0.39 is 20.5 Å². The zero-order valence-corrected chi connectivity index (χ0v) is 14.9. The highest BCUT2D eigenvalue weighted by Gasteiger charge is 2.30. The van der Waals surface area contributed by atoms with E-state index in [0.29, 0.717) is 12.1 Å². The Kier molecular flexibility index (Phi) is 5.54. The topological polar surface area (TPSA) is 100.0 Å². The number of rotatable bonds is 7. The number of aliphatic hydroxyl groups excluding tert-OH is 1. The molecule has 8 heteroatoms. The van der Waals surface area contributed by atoms with Crippen LogP contribution in [-0.2, 0) is 13.9 Å². The first kappa shape index (κ1) is 18.4. The van der Waals surface area contributed by atoms with Crippen LogP contribution in [0.5, 0.6) is 0 Å². The van der Waals surface area contributed by atoms with E-state index >= 15 is 0 Å². The summed E-state index contributed by atoms with van der Waals surface area (Å²) in [4.78, 5) is 26.9. The molecule has 1 heterocycles. The predicted octanol–water partition coefficient (Wildman–Crippen LogP) is 2.77. The molecule has 0 saturated heterocycles. The van der Waals surface area contributed by atoms with Crippen molar-refractivity contribution < 1.29 is 23.9 Å². The molecule has 3 atom stereocenters. The number of carbonyl (C=O) groups is 1. The molecule has 26 heavy (non-hydrogen) atoms. The number of carbonyl (C=O) groups excluding carboxylic acids is 1. The second-order valence-electron chi connectivity index (χ2n) is 5.87. The maximum absolute atomic E-state index is 11.9. The van der Waals surface area contributed by atoms with Gasteiger partial charge in [0, 0.05) is 15.3 Å². The molecule has 0 radical (unpaired) electrons. The van der Waals surface area contributed by atoms with Crippen molar-refractivity contribution in [2.75, 3.05) is 11.4 Å². The number of nitrogens with zero attached hydrogens (tertiary/aromatic N) is 2. The van der Waals surface area contributed by atoms with Crippen molar-refractivity contribution in [3.8, 4) is 0 Å². The van der Waals surface area contributed by atoms with Gasteiger partial charge in [0.15, 0.2) is 6.10 Å². The van der Waals surface area contributed by atoms with Crippen molar-refractivity contribution in [3.63, 3.8) is 0 Å². The molecule has 134 valence electrons. The van der Waals surface area contributed by atoms with E-state index in [1.165, 1.54) is 11.8 Å². The Morgan fingerprint density at radius 2 is 1.69 bits per heavy atom. The van der Waals surface area contributed by atoms with Gasteiger partial charge in [-0.2, -0.15) is 0 Å². The van der Waals surface area contributed by atoms with Gasteiger partial charge in [-0.1, -0.05) is 36.4 Å². The number of aromatic nitrogens is 1. The van der Waals surface area contributed by atoms with Crippen LogP contribution in [-0.4, -0.2) is 40.1 Å². The molecule has 1 aromatic heterocycles. The summed E-state index contributed by atoms with van der Waals surface area (Å²) in [6, 6.07) is 14.8. The fourth-order valence-electron chi connectivity index (χ4n) is 2.90. The molecule has 2 aromatic carbocycles. The molecule has 3 aromatic rings. The van der Waals surface area contributed by atoms with Crippen LogP contribution in [0, 0.1) is 0 Å². The molecule has 3 rings (SSSR count). The number of hydrogen-bond acceptors (Lipinski definition) is 5. The summed E-state index contributed by atoms with van der Waals surface area (Å²) < 4.78 is 15.9. The van der Waals surface area contributed by atoms with Crippen LogP contribution in [0.4, 0.5) is 5.69 Å². The third kappa shape index (κ3) is 3.71. The minimum absolute atomic E-state index is 0.0825. The lowest BCUT2D eigenvalue weighted by Crippen LogP contribution is -2.38. The monoisotopic (exact) mass is 373 g/mol. The summed E-state index contributed by atoms with van der Waals surface area (Å²) in [7, 11) is -2.91. The van der Waals surface area contributed by atoms with Gasteiger partial charge in [-0.15, -0.1) is 9.42 Å². The quantitative estimate of drug-likeness (QED) is 0.375. The summed E-state index contributed by atoms with van der Waals surface area (Å²) in [5.41, 5.74) is 2.05. The zero-order valence-electron chi connectivity index (χ0n) is 14.0. The van der Waals surface area contributed by atoms with Crippen molar-refractivity contribution in [1.82, 2.24) is 4.98 Å². The third-order valence-electron chi connectivity index (χ3n) is 4.11. The van der Waals surface area contributed by atoms with E-state index in [0.717, 1.165) is 21.8 Å². The minimum atomic E-state index is -2.91. The second kappa shape index (κ2) is 7.85. The highest BCUT2D eigenvalue weighted by Crippen LogP contribution is 2.34. The molecule has 0 saturated carbocycles. The Labute approximate surface area is 150 Å². The normalized spacial score (nSPS) is 14.2. The van der Waals surface area contributed by atoms with Crippen molar-refractivity contribution >= 4 is 42.2 Å². The van der Waals surface area contributed by atoms with E-state index in [9.17, 15) is 14.5 Å². The van der Waals surface area contributed by atoms with Crippen LogP contribution < -0.4 is 4.90 Å². The van der Waals surface area contributed by atoms with Gasteiger partial charge in [-0.25, -0.2) is 4.98 Å². The largest absolute Gasteiger partial charge is 0.695 e. The number of hydrogen-bond donors (Lipinski definition) is 2. The maximum atomic E-state index is 11.9. The van der Waals surface area contributed by atoms with Crippen LogP contribution in [0.15, 0.2) is 48.5 Å². The Morgan fingerprint density at radius 1 is 1.15 bits per heavy atom. The Hall–Kier alpha value is -2.44. The molecule has 0 spiro atoms. The average molecular weight is 373 g/mol. The minimum Gasteiger partial charge on any atom is -0.390 e. The number of fused-ring (bicyclic) bond motifs is 2. The summed E-state index contributed by atoms with van der Waals surface area (Å²) in [6.45, 7) is 1.36. The molecular weight excluding hydrogens is 355 g/mol. The van der Waals surface area contributed by atoms with Gasteiger partial charge in [0.25, 0.3) is 0 Å².